The molecule has 0 saturated heterocycles. The third kappa shape index (κ3) is 2.55. The van der Waals surface area contributed by atoms with Crippen molar-refractivity contribution in [3.63, 3.8) is 0 Å². The Kier molecular flexibility index (Phi) is 3.50. The number of ether oxygens (including phenoxy) is 1. The number of primary amides is 1. The quantitative estimate of drug-likeness (QED) is 0.704. The molecule has 2 aliphatic carbocycles. The van der Waals surface area contributed by atoms with Crippen molar-refractivity contribution in [3.05, 3.63) is 0 Å². The molecular weight excluding hydrogens is 204 g/mol. The lowest BCUT2D eigenvalue weighted by Gasteiger charge is -2.26. The second-order valence-corrected chi connectivity index (χ2v) is 5.12. The number of carbonyl (C=O) groups excluding carboxylic acids is 1. The fourth-order valence-corrected chi connectivity index (χ4v) is 2.51. The van der Waals surface area contributed by atoms with Crippen LogP contribution in [0.25, 0.3) is 0 Å². The zero-order chi connectivity index (χ0) is 11.6. The van der Waals surface area contributed by atoms with E-state index in [1.807, 2.05) is 6.92 Å². The molecule has 2 rings (SSSR count). The van der Waals surface area contributed by atoms with Gasteiger partial charge in [-0.1, -0.05) is 6.92 Å². The van der Waals surface area contributed by atoms with Gasteiger partial charge in [0, 0.05) is 13.0 Å². The van der Waals surface area contributed by atoms with Crippen LogP contribution in [0.1, 0.15) is 39.0 Å². The van der Waals surface area contributed by atoms with Gasteiger partial charge in [0.15, 0.2) is 0 Å². The first kappa shape index (κ1) is 11.9. The first-order valence-electron chi connectivity index (χ1n) is 6.33. The normalized spacial score (nSPS) is 34.2. The van der Waals surface area contributed by atoms with Gasteiger partial charge in [-0.05, 0) is 38.1 Å². The van der Waals surface area contributed by atoms with Gasteiger partial charge in [0.1, 0.15) is 5.54 Å². The van der Waals surface area contributed by atoms with Crippen LogP contribution < -0.4 is 11.1 Å². The molecule has 4 nitrogen and oxygen atoms in total. The Morgan fingerprint density at radius 1 is 1.50 bits per heavy atom. The summed E-state index contributed by atoms with van der Waals surface area (Å²) in [6.07, 6.45) is 5.32. The maximum atomic E-state index is 11.5. The first-order valence-corrected chi connectivity index (χ1v) is 6.33. The van der Waals surface area contributed by atoms with Crippen molar-refractivity contribution in [1.82, 2.24) is 5.32 Å². The van der Waals surface area contributed by atoms with Gasteiger partial charge < -0.3 is 15.8 Å². The maximum Gasteiger partial charge on any atom is 0.237 e. The molecule has 16 heavy (non-hydrogen) atoms. The van der Waals surface area contributed by atoms with Crippen molar-refractivity contribution in [2.24, 2.45) is 11.7 Å². The van der Waals surface area contributed by atoms with E-state index in [0.29, 0.717) is 0 Å². The second-order valence-electron chi connectivity index (χ2n) is 5.12. The van der Waals surface area contributed by atoms with E-state index in [1.165, 1.54) is 12.8 Å². The molecular formula is C12H22N2O2. The van der Waals surface area contributed by atoms with Crippen LogP contribution >= 0.6 is 0 Å². The minimum atomic E-state index is -0.511. The molecule has 2 atom stereocenters. The number of rotatable bonds is 6. The lowest BCUT2D eigenvalue weighted by atomic mass is 9.96. The predicted octanol–water partition coefficient (Wildman–Crippen LogP) is 0.799. The number of carbonyl (C=O) groups is 1. The van der Waals surface area contributed by atoms with Gasteiger partial charge in [0.25, 0.3) is 0 Å². The van der Waals surface area contributed by atoms with E-state index < -0.39 is 5.54 Å². The first-order chi connectivity index (χ1) is 7.66. The van der Waals surface area contributed by atoms with Crippen molar-refractivity contribution >= 4 is 5.91 Å². The van der Waals surface area contributed by atoms with E-state index in [0.717, 1.165) is 38.3 Å². The molecule has 0 aromatic carbocycles. The summed E-state index contributed by atoms with van der Waals surface area (Å²) < 4.78 is 5.83. The van der Waals surface area contributed by atoms with Gasteiger partial charge in [-0.25, -0.2) is 0 Å². The Labute approximate surface area is 96.9 Å². The van der Waals surface area contributed by atoms with Crippen LogP contribution in [0.5, 0.6) is 0 Å². The number of amides is 1. The number of likely N-dealkylation sites (N-methyl/N-ethyl adjacent to an activating group) is 1. The Morgan fingerprint density at radius 3 is 2.81 bits per heavy atom. The highest BCUT2D eigenvalue weighted by molar-refractivity contribution is 5.85. The molecule has 0 spiro atoms. The number of hydrogen-bond donors (Lipinski definition) is 2. The summed E-state index contributed by atoms with van der Waals surface area (Å²) >= 11 is 0. The topological polar surface area (TPSA) is 64.3 Å². The summed E-state index contributed by atoms with van der Waals surface area (Å²) in [5.74, 6) is 0.551. The molecule has 2 unspecified atom stereocenters. The van der Waals surface area contributed by atoms with Crippen LogP contribution in [0.15, 0.2) is 0 Å². The molecule has 3 N–H and O–H groups in total. The number of nitrogens with two attached hydrogens (primary N) is 1. The van der Waals surface area contributed by atoms with Crippen LogP contribution in [-0.4, -0.2) is 30.7 Å². The molecule has 0 aromatic rings. The molecule has 2 aliphatic rings. The molecule has 92 valence electrons. The van der Waals surface area contributed by atoms with E-state index in [2.05, 4.69) is 5.32 Å². The van der Waals surface area contributed by atoms with Crippen LogP contribution in [0.3, 0.4) is 0 Å². The van der Waals surface area contributed by atoms with Crippen LogP contribution in [0, 0.1) is 5.92 Å². The highest BCUT2D eigenvalue weighted by Gasteiger charge is 2.44. The average molecular weight is 226 g/mol. The summed E-state index contributed by atoms with van der Waals surface area (Å²) in [5.41, 5.74) is 4.98. The molecule has 2 fully saturated rings. The van der Waals surface area contributed by atoms with Crippen LogP contribution in [0.2, 0.25) is 0 Å². The molecule has 0 heterocycles. The molecule has 0 aliphatic heterocycles. The van der Waals surface area contributed by atoms with E-state index in [-0.39, 0.29) is 12.0 Å². The number of nitrogens with one attached hydrogen (secondary N) is 1. The van der Waals surface area contributed by atoms with Gasteiger partial charge in [0.2, 0.25) is 5.91 Å². The lowest BCUT2D eigenvalue weighted by molar-refractivity contribution is -0.124. The predicted molar refractivity (Wildman–Crippen MR) is 61.9 cm³/mol. The van der Waals surface area contributed by atoms with Gasteiger partial charge in [-0.2, -0.15) is 0 Å². The second kappa shape index (κ2) is 4.72. The Morgan fingerprint density at radius 2 is 2.25 bits per heavy atom. The fraction of sp³-hybridized carbons (Fsp3) is 0.917. The molecule has 0 aromatic heterocycles. The smallest absolute Gasteiger partial charge is 0.237 e. The van der Waals surface area contributed by atoms with E-state index in [9.17, 15) is 4.79 Å². The molecule has 1 amide bonds. The van der Waals surface area contributed by atoms with Gasteiger partial charge in [-0.3, -0.25) is 4.79 Å². The third-order valence-corrected chi connectivity index (χ3v) is 3.72. The number of hydrogen-bond acceptors (Lipinski definition) is 3. The molecule has 2 saturated carbocycles. The van der Waals surface area contributed by atoms with E-state index in [4.69, 9.17) is 10.5 Å². The highest BCUT2D eigenvalue weighted by Crippen LogP contribution is 2.34. The van der Waals surface area contributed by atoms with Gasteiger partial charge in [0.05, 0.1) is 6.10 Å². The van der Waals surface area contributed by atoms with Gasteiger partial charge >= 0.3 is 0 Å². The summed E-state index contributed by atoms with van der Waals surface area (Å²) in [6.45, 7) is 3.65. The maximum absolute atomic E-state index is 11.5. The van der Waals surface area contributed by atoms with Crippen LogP contribution in [-0.2, 0) is 9.53 Å². The van der Waals surface area contributed by atoms with Crippen LogP contribution in [0.4, 0.5) is 0 Å². The van der Waals surface area contributed by atoms with Crippen molar-refractivity contribution < 1.29 is 9.53 Å². The van der Waals surface area contributed by atoms with Crippen molar-refractivity contribution in [2.45, 2.75) is 50.7 Å². The van der Waals surface area contributed by atoms with Crippen molar-refractivity contribution in [1.29, 1.82) is 0 Å². The van der Waals surface area contributed by atoms with Crippen molar-refractivity contribution in [2.75, 3.05) is 13.2 Å². The minimum Gasteiger partial charge on any atom is -0.378 e. The Bertz CT molecular complexity index is 266. The highest BCUT2D eigenvalue weighted by atomic mass is 16.5. The lowest BCUT2D eigenvalue weighted by Crippen LogP contribution is -2.53. The SMILES string of the molecule is CCNC1(C(N)=O)CCC(OCC2CC2)C1. The Hall–Kier alpha value is -0.610. The fourth-order valence-electron chi connectivity index (χ4n) is 2.51. The molecule has 0 radical (unpaired) electrons. The summed E-state index contributed by atoms with van der Waals surface area (Å²) in [5, 5.41) is 3.24. The summed E-state index contributed by atoms with van der Waals surface area (Å²) in [6, 6.07) is 0. The van der Waals surface area contributed by atoms with Gasteiger partial charge in [-0.15, -0.1) is 0 Å². The molecule has 4 heteroatoms. The van der Waals surface area contributed by atoms with E-state index in [1.54, 1.807) is 0 Å². The largest absolute Gasteiger partial charge is 0.378 e. The Balaban J connectivity index is 1.84. The van der Waals surface area contributed by atoms with E-state index >= 15 is 0 Å². The third-order valence-electron chi connectivity index (χ3n) is 3.72. The monoisotopic (exact) mass is 226 g/mol. The average Bonchev–Trinajstić information content (AvgIpc) is 2.98. The zero-order valence-corrected chi connectivity index (χ0v) is 10.00. The van der Waals surface area contributed by atoms with Crippen molar-refractivity contribution in [3.8, 4) is 0 Å². The standard InChI is InChI=1S/C12H22N2O2/c1-2-14-12(11(13)15)6-5-10(7-12)16-8-9-3-4-9/h9-10,14H,2-8H2,1H3,(H2,13,15). The minimum absolute atomic E-state index is 0.215. The molecule has 0 bridgehead atoms. The summed E-state index contributed by atoms with van der Waals surface area (Å²) in [4.78, 5) is 11.5. The summed E-state index contributed by atoms with van der Waals surface area (Å²) in [7, 11) is 0. The zero-order valence-electron chi connectivity index (χ0n) is 10.00.